The standard InChI is InChI=1S/C24H24N2O4S/c1-16(23(27)25-18-7-11-20(29-2)12-8-18)31-22-13-9-19(10-14-22)26-24(28)17-5-4-6-21(15-17)30-3/h4-16H,1-3H3,(H,25,27)(H,26,28). The summed E-state index contributed by atoms with van der Waals surface area (Å²) in [5.74, 6) is 1.05. The lowest BCUT2D eigenvalue weighted by Crippen LogP contribution is -2.22. The van der Waals surface area contributed by atoms with Gasteiger partial charge in [-0.2, -0.15) is 0 Å². The number of thioether (sulfide) groups is 1. The number of anilines is 2. The third kappa shape index (κ3) is 6.26. The van der Waals surface area contributed by atoms with E-state index in [1.807, 2.05) is 31.2 Å². The van der Waals surface area contributed by atoms with Gasteiger partial charge >= 0.3 is 0 Å². The molecule has 0 saturated heterocycles. The van der Waals surface area contributed by atoms with Crippen molar-refractivity contribution in [2.75, 3.05) is 24.9 Å². The molecule has 6 nitrogen and oxygen atoms in total. The van der Waals surface area contributed by atoms with Gasteiger partial charge in [-0.15, -0.1) is 11.8 Å². The van der Waals surface area contributed by atoms with Gasteiger partial charge in [0, 0.05) is 21.8 Å². The topological polar surface area (TPSA) is 76.7 Å². The second-order valence-electron chi connectivity index (χ2n) is 6.69. The maximum atomic E-state index is 12.5. The first-order valence-corrected chi connectivity index (χ1v) is 10.5. The third-order valence-corrected chi connectivity index (χ3v) is 5.60. The van der Waals surface area contributed by atoms with Gasteiger partial charge in [-0.1, -0.05) is 6.07 Å². The zero-order chi connectivity index (χ0) is 22.2. The van der Waals surface area contributed by atoms with Crippen LogP contribution in [0, 0.1) is 0 Å². The van der Waals surface area contributed by atoms with Crippen LogP contribution >= 0.6 is 11.8 Å². The van der Waals surface area contributed by atoms with Crippen molar-refractivity contribution in [2.24, 2.45) is 0 Å². The van der Waals surface area contributed by atoms with Gasteiger partial charge in [-0.25, -0.2) is 0 Å². The lowest BCUT2D eigenvalue weighted by atomic mass is 10.2. The molecule has 0 fully saturated rings. The monoisotopic (exact) mass is 436 g/mol. The van der Waals surface area contributed by atoms with Gasteiger partial charge in [0.2, 0.25) is 5.91 Å². The normalized spacial score (nSPS) is 11.3. The van der Waals surface area contributed by atoms with E-state index in [-0.39, 0.29) is 17.1 Å². The molecular formula is C24H24N2O4S. The van der Waals surface area contributed by atoms with Gasteiger partial charge in [0.05, 0.1) is 19.5 Å². The number of benzene rings is 3. The number of ether oxygens (including phenoxy) is 2. The molecule has 0 aliphatic heterocycles. The maximum absolute atomic E-state index is 12.5. The molecule has 31 heavy (non-hydrogen) atoms. The molecule has 0 radical (unpaired) electrons. The van der Waals surface area contributed by atoms with Crippen molar-refractivity contribution in [3.05, 3.63) is 78.4 Å². The number of rotatable bonds is 8. The van der Waals surface area contributed by atoms with E-state index in [9.17, 15) is 9.59 Å². The van der Waals surface area contributed by atoms with Gasteiger partial charge in [0.15, 0.2) is 0 Å². The van der Waals surface area contributed by atoms with E-state index in [4.69, 9.17) is 9.47 Å². The molecule has 160 valence electrons. The summed E-state index contributed by atoms with van der Waals surface area (Å²) in [6.07, 6.45) is 0. The summed E-state index contributed by atoms with van der Waals surface area (Å²) in [7, 11) is 3.16. The summed E-state index contributed by atoms with van der Waals surface area (Å²) in [4.78, 5) is 25.8. The molecular weight excluding hydrogens is 412 g/mol. The smallest absolute Gasteiger partial charge is 0.255 e. The molecule has 7 heteroatoms. The minimum Gasteiger partial charge on any atom is -0.497 e. The summed E-state index contributed by atoms with van der Waals surface area (Å²) in [5.41, 5.74) is 1.91. The average Bonchev–Trinajstić information content (AvgIpc) is 2.80. The molecule has 0 aliphatic carbocycles. The van der Waals surface area contributed by atoms with E-state index in [0.29, 0.717) is 22.7 Å². The number of hydrogen-bond donors (Lipinski definition) is 2. The van der Waals surface area contributed by atoms with Gasteiger partial charge < -0.3 is 20.1 Å². The van der Waals surface area contributed by atoms with Crippen molar-refractivity contribution in [3.63, 3.8) is 0 Å². The minimum atomic E-state index is -0.292. The second kappa shape index (κ2) is 10.5. The van der Waals surface area contributed by atoms with Crippen molar-refractivity contribution in [1.82, 2.24) is 0 Å². The highest BCUT2D eigenvalue weighted by Gasteiger charge is 2.15. The van der Waals surface area contributed by atoms with Crippen LogP contribution in [0.15, 0.2) is 77.7 Å². The van der Waals surface area contributed by atoms with E-state index < -0.39 is 0 Å². The first-order valence-electron chi connectivity index (χ1n) is 9.65. The lowest BCUT2D eigenvalue weighted by molar-refractivity contribution is -0.115. The number of hydrogen-bond acceptors (Lipinski definition) is 5. The molecule has 0 aliphatic rings. The largest absolute Gasteiger partial charge is 0.497 e. The van der Waals surface area contributed by atoms with E-state index in [2.05, 4.69) is 10.6 Å². The molecule has 2 amide bonds. The lowest BCUT2D eigenvalue weighted by Gasteiger charge is -2.13. The van der Waals surface area contributed by atoms with Crippen LogP contribution in [-0.4, -0.2) is 31.3 Å². The molecule has 3 aromatic rings. The molecule has 2 N–H and O–H groups in total. The maximum Gasteiger partial charge on any atom is 0.255 e. The molecule has 0 aromatic heterocycles. The Kier molecular flexibility index (Phi) is 7.56. The summed E-state index contributed by atoms with van der Waals surface area (Å²) in [5, 5.41) is 5.46. The Hall–Kier alpha value is -3.45. The van der Waals surface area contributed by atoms with Crippen molar-refractivity contribution in [3.8, 4) is 11.5 Å². The predicted octanol–water partition coefficient (Wildman–Crippen LogP) is 5.08. The zero-order valence-corrected chi connectivity index (χ0v) is 18.4. The molecule has 1 unspecified atom stereocenters. The van der Waals surface area contributed by atoms with Crippen molar-refractivity contribution >= 4 is 35.0 Å². The average molecular weight is 437 g/mol. The fourth-order valence-electron chi connectivity index (χ4n) is 2.76. The van der Waals surface area contributed by atoms with Crippen LogP contribution in [0.1, 0.15) is 17.3 Å². The summed E-state index contributed by atoms with van der Waals surface area (Å²) >= 11 is 1.44. The van der Waals surface area contributed by atoms with Crippen LogP contribution in [0.4, 0.5) is 11.4 Å². The molecule has 0 spiro atoms. The van der Waals surface area contributed by atoms with Crippen LogP contribution in [0.3, 0.4) is 0 Å². The van der Waals surface area contributed by atoms with Crippen molar-refractivity contribution in [1.29, 1.82) is 0 Å². The van der Waals surface area contributed by atoms with E-state index >= 15 is 0 Å². The fraction of sp³-hybridized carbons (Fsp3) is 0.167. The number of nitrogens with one attached hydrogen (secondary N) is 2. The second-order valence-corrected chi connectivity index (χ2v) is 8.10. The van der Waals surface area contributed by atoms with Crippen LogP contribution in [-0.2, 0) is 4.79 Å². The fourth-order valence-corrected chi connectivity index (χ4v) is 3.63. The molecule has 3 aromatic carbocycles. The molecule has 0 heterocycles. The Bertz CT molecular complexity index is 1040. The molecule has 0 bridgehead atoms. The van der Waals surface area contributed by atoms with Gasteiger partial charge in [-0.3, -0.25) is 9.59 Å². The Morgan fingerprint density at radius 2 is 1.42 bits per heavy atom. The molecule has 0 saturated carbocycles. The van der Waals surface area contributed by atoms with Gasteiger partial charge in [0.1, 0.15) is 11.5 Å². The Balaban J connectivity index is 1.55. The molecule has 1 atom stereocenters. The Morgan fingerprint density at radius 1 is 0.806 bits per heavy atom. The summed E-state index contributed by atoms with van der Waals surface area (Å²) in [6.45, 7) is 1.85. The SMILES string of the molecule is COc1ccc(NC(=O)C(C)Sc2ccc(NC(=O)c3cccc(OC)c3)cc2)cc1. The molecule has 3 rings (SSSR count). The number of carbonyl (C=O) groups is 2. The first-order chi connectivity index (χ1) is 15.0. The van der Waals surface area contributed by atoms with Crippen molar-refractivity contribution < 1.29 is 19.1 Å². The number of carbonyl (C=O) groups excluding carboxylic acids is 2. The number of methoxy groups -OCH3 is 2. The van der Waals surface area contributed by atoms with Crippen LogP contribution in [0.5, 0.6) is 11.5 Å². The highest BCUT2D eigenvalue weighted by atomic mass is 32.2. The number of amides is 2. The quantitative estimate of drug-likeness (QED) is 0.482. The summed E-state index contributed by atoms with van der Waals surface area (Å²) in [6, 6.07) is 21.5. The van der Waals surface area contributed by atoms with Crippen LogP contribution in [0.25, 0.3) is 0 Å². The van der Waals surface area contributed by atoms with Crippen LogP contribution in [0.2, 0.25) is 0 Å². The van der Waals surface area contributed by atoms with E-state index in [0.717, 1.165) is 10.6 Å². The van der Waals surface area contributed by atoms with Crippen LogP contribution < -0.4 is 20.1 Å². The van der Waals surface area contributed by atoms with Gasteiger partial charge in [0.25, 0.3) is 5.91 Å². The Labute approximate surface area is 186 Å². The highest BCUT2D eigenvalue weighted by Crippen LogP contribution is 2.26. The Morgan fingerprint density at radius 3 is 2.06 bits per heavy atom. The third-order valence-electron chi connectivity index (χ3n) is 4.48. The van der Waals surface area contributed by atoms with E-state index in [1.54, 1.807) is 62.8 Å². The first kappa shape index (κ1) is 22.2. The highest BCUT2D eigenvalue weighted by molar-refractivity contribution is 8.00. The van der Waals surface area contributed by atoms with Gasteiger partial charge in [-0.05, 0) is 73.7 Å². The van der Waals surface area contributed by atoms with Crippen molar-refractivity contribution in [2.45, 2.75) is 17.1 Å². The predicted molar refractivity (Wildman–Crippen MR) is 124 cm³/mol. The zero-order valence-electron chi connectivity index (χ0n) is 17.5. The minimum absolute atomic E-state index is 0.0921. The van der Waals surface area contributed by atoms with E-state index in [1.165, 1.54) is 11.8 Å². The summed E-state index contributed by atoms with van der Waals surface area (Å²) < 4.78 is 10.3.